The first-order valence-electron chi connectivity index (χ1n) is 8.38. The Morgan fingerprint density at radius 2 is 2.08 bits per heavy atom. The molecule has 25 heavy (non-hydrogen) atoms. The number of hydrogen-bond donors (Lipinski definition) is 1. The average molecular weight is 354 g/mol. The van der Waals surface area contributed by atoms with Gasteiger partial charge in [0.1, 0.15) is 5.54 Å². The molecule has 1 saturated carbocycles. The van der Waals surface area contributed by atoms with E-state index in [1.807, 2.05) is 17.7 Å². The Morgan fingerprint density at radius 1 is 1.40 bits per heavy atom. The van der Waals surface area contributed by atoms with E-state index in [-0.39, 0.29) is 17.6 Å². The maximum atomic E-state index is 12.3. The Morgan fingerprint density at radius 3 is 2.68 bits per heavy atom. The van der Waals surface area contributed by atoms with Crippen molar-refractivity contribution < 1.29 is 4.79 Å². The van der Waals surface area contributed by atoms with Crippen molar-refractivity contribution >= 4 is 17.7 Å². The summed E-state index contributed by atoms with van der Waals surface area (Å²) < 4.78 is 1.99. The number of aromatic nitrogens is 2. The Kier molecular flexibility index (Phi) is 4.87. The van der Waals surface area contributed by atoms with Crippen LogP contribution in [0.15, 0.2) is 35.7 Å². The van der Waals surface area contributed by atoms with Gasteiger partial charge in [0, 0.05) is 18.1 Å². The minimum Gasteiger partial charge on any atom is -0.337 e. The lowest BCUT2D eigenvalue weighted by molar-refractivity contribution is -0.119. The molecule has 1 aromatic carbocycles. The summed E-state index contributed by atoms with van der Waals surface area (Å²) in [5.74, 6) is 0.394. The minimum absolute atomic E-state index is 0.129. The van der Waals surface area contributed by atoms with Gasteiger partial charge in [0.25, 0.3) is 0 Å². The summed E-state index contributed by atoms with van der Waals surface area (Å²) in [7, 11) is 0. The molecule has 0 unspecified atom stereocenters. The summed E-state index contributed by atoms with van der Waals surface area (Å²) in [6, 6.07) is 8.57. The number of nitrogens with zero attached hydrogens (tertiary/aromatic N) is 3. The van der Waals surface area contributed by atoms with Crippen molar-refractivity contribution in [3.8, 4) is 11.8 Å². The first-order chi connectivity index (χ1) is 11.9. The third-order valence-electron chi connectivity index (χ3n) is 4.45. The number of nitriles is 1. The number of imidazole rings is 1. The molecule has 1 aliphatic rings. The lowest BCUT2D eigenvalue weighted by Gasteiger charge is -2.22. The highest BCUT2D eigenvalue weighted by molar-refractivity contribution is 7.99. The van der Waals surface area contributed by atoms with Crippen LogP contribution >= 0.6 is 11.8 Å². The van der Waals surface area contributed by atoms with E-state index >= 15 is 0 Å². The number of carbonyl (C=O) groups is 1. The molecule has 1 fully saturated rings. The zero-order chi connectivity index (χ0) is 18.0. The van der Waals surface area contributed by atoms with Crippen LogP contribution in [0.25, 0.3) is 5.69 Å². The molecular weight excluding hydrogens is 332 g/mol. The van der Waals surface area contributed by atoms with Gasteiger partial charge in [-0.3, -0.25) is 9.36 Å². The van der Waals surface area contributed by atoms with Gasteiger partial charge in [0.2, 0.25) is 5.91 Å². The third kappa shape index (κ3) is 4.05. The monoisotopic (exact) mass is 354 g/mol. The summed E-state index contributed by atoms with van der Waals surface area (Å²) in [5.41, 5.74) is 2.66. The minimum atomic E-state index is -0.749. The second-order valence-electron chi connectivity index (χ2n) is 6.85. The van der Waals surface area contributed by atoms with Crippen LogP contribution in [0.2, 0.25) is 0 Å². The number of carbonyl (C=O) groups excluding carboxylic acids is 1. The summed E-state index contributed by atoms with van der Waals surface area (Å²) >= 11 is 1.38. The number of rotatable bonds is 6. The van der Waals surface area contributed by atoms with Crippen molar-refractivity contribution in [2.45, 2.75) is 44.3 Å². The predicted molar refractivity (Wildman–Crippen MR) is 98.6 cm³/mol. The van der Waals surface area contributed by atoms with Gasteiger partial charge in [-0.15, -0.1) is 0 Å². The van der Waals surface area contributed by atoms with Gasteiger partial charge in [-0.1, -0.05) is 17.8 Å². The molecule has 1 amide bonds. The normalized spacial score (nSPS) is 16.1. The van der Waals surface area contributed by atoms with E-state index in [0.29, 0.717) is 0 Å². The van der Waals surface area contributed by atoms with Gasteiger partial charge < -0.3 is 5.32 Å². The van der Waals surface area contributed by atoms with E-state index in [0.717, 1.165) is 23.7 Å². The third-order valence-corrected chi connectivity index (χ3v) is 5.42. The van der Waals surface area contributed by atoms with E-state index < -0.39 is 5.54 Å². The second kappa shape index (κ2) is 6.93. The van der Waals surface area contributed by atoms with Gasteiger partial charge in [-0.25, -0.2) is 4.98 Å². The Labute approximate surface area is 152 Å². The fourth-order valence-electron chi connectivity index (χ4n) is 3.02. The molecule has 130 valence electrons. The number of aryl methyl sites for hydroxylation is 2. The molecule has 0 radical (unpaired) electrons. The summed E-state index contributed by atoms with van der Waals surface area (Å²) in [6.45, 7) is 5.94. The van der Waals surface area contributed by atoms with Gasteiger partial charge in [0.05, 0.1) is 11.8 Å². The van der Waals surface area contributed by atoms with Crippen LogP contribution in [0.4, 0.5) is 0 Å². The highest BCUT2D eigenvalue weighted by Crippen LogP contribution is 2.39. The van der Waals surface area contributed by atoms with Crippen LogP contribution in [0, 0.1) is 31.1 Å². The first kappa shape index (κ1) is 17.6. The zero-order valence-electron chi connectivity index (χ0n) is 14.7. The van der Waals surface area contributed by atoms with Crippen molar-refractivity contribution in [3.05, 3.63) is 41.7 Å². The van der Waals surface area contributed by atoms with Crippen molar-refractivity contribution in [2.75, 3.05) is 5.75 Å². The van der Waals surface area contributed by atoms with E-state index in [1.54, 1.807) is 6.20 Å². The lowest BCUT2D eigenvalue weighted by Crippen LogP contribution is -2.47. The molecule has 0 spiro atoms. The van der Waals surface area contributed by atoms with Gasteiger partial charge in [-0.2, -0.15) is 5.26 Å². The molecule has 3 rings (SSSR count). The molecule has 1 aliphatic carbocycles. The van der Waals surface area contributed by atoms with Crippen molar-refractivity contribution in [2.24, 2.45) is 5.92 Å². The maximum absolute atomic E-state index is 12.3. The standard InChI is InChI=1S/C19H22N4OS/c1-13-8-14(2)10-16(9-13)23-7-6-21-18(23)25-11-17(24)22-19(3,12-20)15-4-5-15/h6-10,15H,4-5,11H2,1-3H3,(H,22,24)/t19-/m1/s1. The molecule has 5 nitrogen and oxygen atoms in total. The number of hydrogen-bond acceptors (Lipinski definition) is 4. The molecule has 0 bridgehead atoms. The van der Waals surface area contributed by atoms with Gasteiger partial charge >= 0.3 is 0 Å². The molecule has 6 heteroatoms. The topological polar surface area (TPSA) is 70.7 Å². The smallest absolute Gasteiger partial charge is 0.231 e. The van der Waals surface area contributed by atoms with E-state index in [2.05, 4.69) is 48.4 Å². The summed E-state index contributed by atoms with van der Waals surface area (Å²) in [4.78, 5) is 16.6. The van der Waals surface area contributed by atoms with Crippen LogP contribution in [0.5, 0.6) is 0 Å². The highest BCUT2D eigenvalue weighted by Gasteiger charge is 2.42. The quantitative estimate of drug-likeness (QED) is 0.807. The van der Waals surface area contributed by atoms with Crippen molar-refractivity contribution in [1.82, 2.24) is 14.9 Å². The molecule has 1 atom stereocenters. The molecule has 1 N–H and O–H groups in total. The molecule has 1 heterocycles. The highest BCUT2D eigenvalue weighted by atomic mass is 32.2. The van der Waals surface area contributed by atoms with E-state index in [1.165, 1.54) is 22.9 Å². The Hall–Kier alpha value is -2.26. The number of amides is 1. The molecule has 0 aliphatic heterocycles. The Balaban J connectivity index is 1.67. The van der Waals surface area contributed by atoms with Crippen LogP contribution in [-0.4, -0.2) is 26.8 Å². The van der Waals surface area contributed by atoms with Crippen LogP contribution in [-0.2, 0) is 4.79 Å². The average Bonchev–Trinajstić information content (AvgIpc) is 3.31. The second-order valence-corrected chi connectivity index (χ2v) is 7.79. The molecular formula is C19H22N4OS. The predicted octanol–water partition coefficient (Wildman–Crippen LogP) is 3.39. The summed E-state index contributed by atoms with van der Waals surface area (Å²) in [5, 5.41) is 13.0. The largest absolute Gasteiger partial charge is 0.337 e. The van der Waals surface area contributed by atoms with Crippen LogP contribution < -0.4 is 5.32 Å². The maximum Gasteiger partial charge on any atom is 0.231 e. The zero-order valence-corrected chi connectivity index (χ0v) is 15.6. The fraction of sp³-hybridized carbons (Fsp3) is 0.421. The van der Waals surface area contributed by atoms with Gasteiger partial charge in [-0.05, 0) is 62.8 Å². The fourth-order valence-corrected chi connectivity index (χ4v) is 3.79. The SMILES string of the molecule is Cc1cc(C)cc(-n2ccnc2SCC(=O)N[C@](C)(C#N)C2CC2)c1. The van der Waals surface area contributed by atoms with Crippen molar-refractivity contribution in [1.29, 1.82) is 5.26 Å². The molecule has 2 aromatic rings. The Bertz CT molecular complexity index is 814. The van der Waals surface area contributed by atoms with Gasteiger partial charge in [0.15, 0.2) is 5.16 Å². The number of nitrogens with one attached hydrogen (secondary N) is 1. The van der Waals surface area contributed by atoms with Crippen molar-refractivity contribution in [3.63, 3.8) is 0 Å². The molecule has 1 aromatic heterocycles. The van der Waals surface area contributed by atoms with E-state index in [4.69, 9.17) is 0 Å². The lowest BCUT2D eigenvalue weighted by atomic mass is 9.98. The number of thioether (sulfide) groups is 1. The van der Waals surface area contributed by atoms with Crippen LogP contribution in [0.1, 0.15) is 30.9 Å². The van der Waals surface area contributed by atoms with E-state index in [9.17, 15) is 10.1 Å². The number of benzene rings is 1. The van der Waals surface area contributed by atoms with Crippen LogP contribution in [0.3, 0.4) is 0 Å². The molecule has 0 saturated heterocycles. The summed E-state index contributed by atoms with van der Waals surface area (Å²) in [6.07, 6.45) is 5.66. The first-order valence-corrected chi connectivity index (χ1v) is 9.37.